The molecule has 3 rings (SSSR count). The molecule has 0 aliphatic carbocycles. The third-order valence-electron chi connectivity index (χ3n) is 3.87. The lowest BCUT2D eigenvalue weighted by Gasteiger charge is -2.19. The Morgan fingerprint density at radius 3 is 3.05 bits per heavy atom. The molecule has 2 aromatic heterocycles. The van der Waals surface area contributed by atoms with E-state index in [4.69, 9.17) is 17.0 Å². The molecule has 1 aliphatic heterocycles. The Morgan fingerprint density at radius 1 is 1.53 bits per heavy atom. The second-order valence-electron chi connectivity index (χ2n) is 5.04. The molecule has 1 unspecified atom stereocenters. The van der Waals surface area contributed by atoms with Crippen LogP contribution in [0.5, 0.6) is 5.88 Å². The van der Waals surface area contributed by atoms with Gasteiger partial charge in [0.2, 0.25) is 5.88 Å². The predicted octanol–water partition coefficient (Wildman–Crippen LogP) is 2.20. The first kappa shape index (κ1) is 12.6. The topological polar surface area (TPSA) is 46.1 Å². The van der Waals surface area contributed by atoms with Crippen molar-refractivity contribution in [1.82, 2.24) is 19.4 Å². The van der Waals surface area contributed by atoms with E-state index in [1.165, 1.54) is 12.8 Å². The maximum Gasteiger partial charge on any atom is 0.215 e. The van der Waals surface area contributed by atoms with Gasteiger partial charge in [-0.3, -0.25) is 4.57 Å². The van der Waals surface area contributed by atoms with Gasteiger partial charge in [0, 0.05) is 18.7 Å². The molecule has 0 bridgehead atoms. The van der Waals surface area contributed by atoms with E-state index in [1.54, 1.807) is 7.11 Å². The van der Waals surface area contributed by atoms with E-state index < -0.39 is 0 Å². The van der Waals surface area contributed by atoms with Gasteiger partial charge in [-0.2, -0.15) is 4.98 Å². The average Bonchev–Trinajstić information content (AvgIpc) is 2.94. The van der Waals surface area contributed by atoms with Crippen molar-refractivity contribution in [2.24, 2.45) is 0 Å². The molecular formula is C13H18N4OS. The van der Waals surface area contributed by atoms with Crippen LogP contribution in [0.1, 0.15) is 12.8 Å². The zero-order valence-electron chi connectivity index (χ0n) is 11.2. The van der Waals surface area contributed by atoms with Crippen molar-refractivity contribution < 1.29 is 4.74 Å². The van der Waals surface area contributed by atoms with Crippen LogP contribution in [-0.4, -0.2) is 46.2 Å². The highest BCUT2D eigenvalue weighted by Gasteiger charge is 2.22. The second-order valence-corrected chi connectivity index (χ2v) is 5.43. The normalized spacial score (nSPS) is 20.2. The first-order chi connectivity index (χ1) is 9.19. The van der Waals surface area contributed by atoms with E-state index in [9.17, 15) is 0 Å². The molecule has 1 saturated heterocycles. The van der Waals surface area contributed by atoms with E-state index in [0.717, 1.165) is 29.0 Å². The summed E-state index contributed by atoms with van der Waals surface area (Å²) in [6.45, 7) is 2.05. The number of hydrogen-bond donors (Lipinski definition) is 1. The minimum absolute atomic E-state index is 0.540. The fourth-order valence-electron chi connectivity index (χ4n) is 2.72. The van der Waals surface area contributed by atoms with Crippen LogP contribution in [0.3, 0.4) is 0 Å². The number of nitrogens with one attached hydrogen (secondary N) is 1. The first-order valence-electron chi connectivity index (χ1n) is 6.53. The number of fused-ring (bicyclic) bond motifs is 1. The Bertz CT molecular complexity index is 648. The third-order valence-corrected chi connectivity index (χ3v) is 4.19. The number of imidazole rings is 1. The molecule has 0 radical (unpaired) electrons. The van der Waals surface area contributed by atoms with Crippen molar-refractivity contribution in [3.63, 3.8) is 0 Å². The number of likely N-dealkylation sites (tertiary alicyclic amines) is 1. The minimum Gasteiger partial charge on any atom is -0.481 e. The lowest BCUT2D eigenvalue weighted by molar-refractivity contribution is 0.283. The standard InChI is InChI=1S/C13H18N4OS/c1-16-7-3-4-9(16)8-17-12-10(14-13(17)19)5-6-11(15-12)18-2/h5-6,9H,3-4,7-8H2,1-2H3,(H,14,19). The fraction of sp³-hybridized carbons (Fsp3) is 0.538. The number of methoxy groups -OCH3 is 1. The van der Waals surface area contributed by atoms with Gasteiger partial charge < -0.3 is 14.6 Å². The molecule has 19 heavy (non-hydrogen) atoms. The average molecular weight is 278 g/mol. The molecule has 0 saturated carbocycles. The molecule has 1 atom stereocenters. The summed E-state index contributed by atoms with van der Waals surface area (Å²) in [6, 6.07) is 4.35. The van der Waals surface area contributed by atoms with Crippen molar-refractivity contribution in [2.45, 2.75) is 25.4 Å². The maximum absolute atomic E-state index is 5.41. The summed E-state index contributed by atoms with van der Waals surface area (Å²) in [5.41, 5.74) is 1.84. The lowest BCUT2D eigenvalue weighted by Crippen LogP contribution is -2.29. The number of likely N-dealkylation sites (N-methyl/N-ethyl adjacent to an activating group) is 1. The quantitative estimate of drug-likeness (QED) is 0.874. The van der Waals surface area contributed by atoms with Gasteiger partial charge >= 0.3 is 0 Å². The molecule has 1 aliphatic rings. The summed E-state index contributed by atoms with van der Waals surface area (Å²) in [5, 5.41) is 0. The zero-order chi connectivity index (χ0) is 13.4. The Morgan fingerprint density at radius 2 is 2.37 bits per heavy atom. The van der Waals surface area contributed by atoms with E-state index in [-0.39, 0.29) is 0 Å². The van der Waals surface area contributed by atoms with Crippen molar-refractivity contribution in [3.8, 4) is 5.88 Å². The summed E-state index contributed by atoms with van der Waals surface area (Å²) < 4.78 is 8.01. The Kier molecular flexibility index (Phi) is 3.28. The molecule has 0 spiro atoms. The summed E-state index contributed by atoms with van der Waals surface area (Å²) in [6.07, 6.45) is 2.47. The molecule has 5 nitrogen and oxygen atoms in total. The van der Waals surface area contributed by atoms with Gasteiger partial charge in [0.15, 0.2) is 10.4 Å². The summed E-state index contributed by atoms with van der Waals surface area (Å²) >= 11 is 5.41. The van der Waals surface area contributed by atoms with Crippen LogP contribution >= 0.6 is 12.2 Å². The van der Waals surface area contributed by atoms with E-state index in [2.05, 4.69) is 26.5 Å². The van der Waals surface area contributed by atoms with Crippen molar-refractivity contribution in [1.29, 1.82) is 0 Å². The Balaban J connectivity index is 2.01. The van der Waals surface area contributed by atoms with Crippen LogP contribution in [0.15, 0.2) is 12.1 Å². The molecule has 1 N–H and O–H groups in total. The Labute approximate surface area is 117 Å². The third kappa shape index (κ3) is 2.26. The van der Waals surface area contributed by atoms with Gasteiger partial charge in [0.05, 0.1) is 12.6 Å². The van der Waals surface area contributed by atoms with Crippen molar-refractivity contribution in [2.75, 3.05) is 20.7 Å². The van der Waals surface area contributed by atoms with Crippen LogP contribution in [-0.2, 0) is 6.54 Å². The second kappa shape index (κ2) is 4.94. The van der Waals surface area contributed by atoms with Crippen LogP contribution < -0.4 is 4.74 Å². The summed E-state index contributed by atoms with van der Waals surface area (Å²) in [5.74, 6) is 0.620. The van der Waals surface area contributed by atoms with Gasteiger partial charge in [-0.15, -0.1) is 0 Å². The maximum atomic E-state index is 5.41. The summed E-state index contributed by atoms with van der Waals surface area (Å²) in [4.78, 5) is 10.1. The highest BCUT2D eigenvalue weighted by Crippen LogP contribution is 2.21. The minimum atomic E-state index is 0.540. The number of ether oxygens (including phenoxy) is 1. The number of H-pyrrole nitrogens is 1. The SMILES string of the molecule is COc1ccc2[nH]c(=S)n(CC3CCCN3C)c2n1. The van der Waals surface area contributed by atoms with Gasteiger partial charge in [-0.25, -0.2) is 0 Å². The molecule has 1 fully saturated rings. The van der Waals surface area contributed by atoms with E-state index in [0.29, 0.717) is 11.9 Å². The van der Waals surface area contributed by atoms with E-state index >= 15 is 0 Å². The number of pyridine rings is 1. The first-order valence-corrected chi connectivity index (χ1v) is 6.93. The lowest BCUT2D eigenvalue weighted by atomic mass is 10.2. The number of nitrogens with zero attached hydrogens (tertiary/aromatic N) is 3. The van der Waals surface area contributed by atoms with Gasteiger partial charge in [-0.1, -0.05) is 0 Å². The van der Waals surface area contributed by atoms with Crippen LogP contribution in [0.25, 0.3) is 11.2 Å². The molecule has 3 heterocycles. The Hall–Kier alpha value is -1.40. The fourth-order valence-corrected chi connectivity index (χ4v) is 2.99. The van der Waals surface area contributed by atoms with Crippen molar-refractivity contribution in [3.05, 3.63) is 16.9 Å². The van der Waals surface area contributed by atoms with Crippen molar-refractivity contribution >= 4 is 23.4 Å². The monoisotopic (exact) mass is 278 g/mol. The number of aromatic nitrogens is 3. The van der Waals surface area contributed by atoms with Gasteiger partial charge in [0.25, 0.3) is 0 Å². The number of rotatable bonds is 3. The van der Waals surface area contributed by atoms with Crippen LogP contribution in [0.4, 0.5) is 0 Å². The molecule has 2 aromatic rings. The van der Waals surface area contributed by atoms with Crippen LogP contribution in [0, 0.1) is 4.77 Å². The van der Waals surface area contributed by atoms with Gasteiger partial charge in [0.1, 0.15) is 0 Å². The van der Waals surface area contributed by atoms with Crippen LogP contribution in [0.2, 0.25) is 0 Å². The summed E-state index contributed by atoms with van der Waals surface area (Å²) in [7, 11) is 3.80. The number of hydrogen-bond acceptors (Lipinski definition) is 4. The highest BCUT2D eigenvalue weighted by atomic mass is 32.1. The molecule has 102 valence electrons. The van der Waals surface area contributed by atoms with E-state index in [1.807, 2.05) is 12.1 Å². The predicted molar refractivity (Wildman–Crippen MR) is 77.1 cm³/mol. The molecule has 6 heteroatoms. The largest absolute Gasteiger partial charge is 0.481 e. The number of aromatic amines is 1. The zero-order valence-corrected chi connectivity index (χ0v) is 12.0. The molecular weight excluding hydrogens is 260 g/mol. The smallest absolute Gasteiger partial charge is 0.215 e. The molecule has 0 amide bonds. The molecule has 0 aromatic carbocycles. The highest BCUT2D eigenvalue weighted by molar-refractivity contribution is 7.71. The van der Waals surface area contributed by atoms with Gasteiger partial charge in [-0.05, 0) is 44.7 Å².